The van der Waals surface area contributed by atoms with E-state index in [2.05, 4.69) is 4.72 Å². The fourth-order valence-corrected chi connectivity index (χ4v) is 1.88. The van der Waals surface area contributed by atoms with Crippen molar-refractivity contribution in [3.63, 3.8) is 0 Å². The summed E-state index contributed by atoms with van der Waals surface area (Å²) in [4.78, 5) is 10.4. The van der Waals surface area contributed by atoms with E-state index in [-0.39, 0.29) is 6.42 Å². The third-order valence-corrected chi connectivity index (χ3v) is 2.51. The molecule has 0 radical (unpaired) electrons. The molecule has 0 amide bonds. The molecule has 16 heavy (non-hydrogen) atoms. The van der Waals surface area contributed by atoms with Crippen LogP contribution in [0, 0.1) is 0 Å². The standard InChI is InChI=1S/C10H13NO4S/c1-16(14,15)11-9-5-3-2-4-8(9)6-7-10(12)13/h2-5,11H,6-7H2,1H3,(H,12,13). The first-order chi connectivity index (χ1) is 7.38. The van der Waals surface area contributed by atoms with Crippen LogP contribution in [0.3, 0.4) is 0 Å². The number of hydrogen-bond acceptors (Lipinski definition) is 3. The van der Waals surface area contributed by atoms with Crippen LogP contribution >= 0.6 is 0 Å². The molecule has 88 valence electrons. The topological polar surface area (TPSA) is 83.5 Å². The lowest BCUT2D eigenvalue weighted by atomic mass is 10.1. The molecular weight excluding hydrogens is 230 g/mol. The largest absolute Gasteiger partial charge is 0.481 e. The lowest BCUT2D eigenvalue weighted by Crippen LogP contribution is -2.11. The summed E-state index contributed by atoms with van der Waals surface area (Å²) in [6, 6.07) is 6.75. The minimum Gasteiger partial charge on any atom is -0.481 e. The number of nitrogens with one attached hydrogen (secondary N) is 1. The molecule has 0 unspecified atom stereocenters. The maximum absolute atomic E-state index is 11.1. The Morgan fingerprint density at radius 3 is 2.56 bits per heavy atom. The van der Waals surface area contributed by atoms with Crippen molar-refractivity contribution >= 4 is 21.7 Å². The Balaban J connectivity index is 2.87. The van der Waals surface area contributed by atoms with Crippen molar-refractivity contribution in [2.45, 2.75) is 12.8 Å². The normalized spacial score (nSPS) is 11.1. The molecule has 0 spiro atoms. The molecule has 2 N–H and O–H groups in total. The van der Waals surface area contributed by atoms with Crippen LogP contribution in [0.15, 0.2) is 24.3 Å². The Kier molecular flexibility index (Phi) is 3.89. The van der Waals surface area contributed by atoms with E-state index < -0.39 is 16.0 Å². The zero-order chi connectivity index (χ0) is 12.2. The first kappa shape index (κ1) is 12.5. The second-order valence-corrected chi connectivity index (χ2v) is 5.17. The molecule has 0 aliphatic rings. The van der Waals surface area contributed by atoms with Gasteiger partial charge in [0.15, 0.2) is 0 Å². The highest BCUT2D eigenvalue weighted by atomic mass is 32.2. The fraction of sp³-hybridized carbons (Fsp3) is 0.300. The van der Waals surface area contributed by atoms with E-state index in [1.165, 1.54) is 0 Å². The molecule has 0 heterocycles. The molecular formula is C10H13NO4S. The third kappa shape index (κ3) is 4.31. The van der Waals surface area contributed by atoms with Crippen molar-refractivity contribution in [2.75, 3.05) is 11.0 Å². The van der Waals surface area contributed by atoms with E-state index in [1.54, 1.807) is 24.3 Å². The summed E-state index contributed by atoms with van der Waals surface area (Å²) < 4.78 is 24.5. The summed E-state index contributed by atoms with van der Waals surface area (Å²) >= 11 is 0. The number of hydrogen-bond donors (Lipinski definition) is 2. The van der Waals surface area contributed by atoms with Crippen molar-refractivity contribution in [1.82, 2.24) is 0 Å². The highest BCUT2D eigenvalue weighted by molar-refractivity contribution is 7.92. The minimum atomic E-state index is -3.34. The van der Waals surface area contributed by atoms with Crippen molar-refractivity contribution in [2.24, 2.45) is 0 Å². The number of aliphatic carboxylic acids is 1. The Morgan fingerprint density at radius 1 is 1.38 bits per heavy atom. The van der Waals surface area contributed by atoms with Crippen LogP contribution in [0.1, 0.15) is 12.0 Å². The molecule has 0 aliphatic heterocycles. The van der Waals surface area contributed by atoms with Gasteiger partial charge < -0.3 is 5.11 Å². The van der Waals surface area contributed by atoms with E-state index in [4.69, 9.17) is 5.11 Å². The summed E-state index contributed by atoms with van der Waals surface area (Å²) in [5, 5.41) is 8.56. The van der Waals surface area contributed by atoms with Gasteiger partial charge >= 0.3 is 5.97 Å². The summed E-state index contributed by atoms with van der Waals surface area (Å²) in [5.74, 6) is -0.908. The number of anilines is 1. The quantitative estimate of drug-likeness (QED) is 0.810. The number of sulfonamides is 1. The van der Waals surface area contributed by atoms with Gasteiger partial charge in [-0.2, -0.15) is 0 Å². The first-order valence-electron chi connectivity index (χ1n) is 4.66. The van der Waals surface area contributed by atoms with Crippen LogP contribution in [0.5, 0.6) is 0 Å². The number of carbonyl (C=O) groups is 1. The predicted octanol–water partition coefficient (Wildman–Crippen LogP) is 1.08. The van der Waals surface area contributed by atoms with Crippen LogP contribution in [0.4, 0.5) is 5.69 Å². The van der Waals surface area contributed by atoms with Crippen LogP contribution in [0.2, 0.25) is 0 Å². The van der Waals surface area contributed by atoms with E-state index in [9.17, 15) is 13.2 Å². The fourth-order valence-electron chi connectivity index (χ4n) is 1.28. The monoisotopic (exact) mass is 243 g/mol. The number of benzene rings is 1. The molecule has 0 saturated heterocycles. The first-order valence-corrected chi connectivity index (χ1v) is 6.55. The summed E-state index contributed by atoms with van der Waals surface area (Å²) in [6.07, 6.45) is 1.33. The zero-order valence-corrected chi connectivity index (χ0v) is 9.62. The Bertz CT molecular complexity index is 481. The van der Waals surface area contributed by atoms with Gasteiger partial charge in [-0.25, -0.2) is 8.42 Å². The van der Waals surface area contributed by atoms with Gasteiger partial charge in [0.2, 0.25) is 10.0 Å². The second kappa shape index (κ2) is 4.98. The van der Waals surface area contributed by atoms with Crippen LogP contribution in [0.25, 0.3) is 0 Å². The smallest absolute Gasteiger partial charge is 0.303 e. The molecule has 1 aromatic carbocycles. The second-order valence-electron chi connectivity index (χ2n) is 3.43. The molecule has 6 heteroatoms. The summed E-state index contributed by atoms with van der Waals surface area (Å²) in [7, 11) is -3.34. The number of carboxylic acids is 1. The zero-order valence-electron chi connectivity index (χ0n) is 8.80. The maximum atomic E-state index is 11.1. The highest BCUT2D eigenvalue weighted by Crippen LogP contribution is 2.17. The molecule has 0 aliphatic carbocycles. The van der Waals surface area contributed by atoms with Gasteiger partial charge in [-0.15, -0.1) is 0 Å². The Hall–Kier alpha value is -1.56. The number of aryl methyl sites for hydroxylation is 1. The third-order valence-electron chi connectivity index (χ3n) is 1.92. The van der Waals surface area contributed by atoms with Gasteiger partial charge in [-0.05, 0) is 18.1 Å². The van der Waals surface area contributed by atoms with Gasteiger partial charge in [0.05, 0.1) is 11.9 Å². The van der Waals surface area contributed by atoms with Gasteiger partial charge in [-0.3, -0.25) is 9.52 Å². The average molecular weight is 243 g/mol. The minimum absolute atomic E-state index is 0.0253. The summed E-state index contributed by atoms with van der Waals surface area (Å²) in [5.41, 5.74) is 1.11. The Labute approximate surface area is 94.2 Å². The van der Waals surface area contributed by atoms with Gasteiger partial charge in [-0.1, -0.05) is 18.2 Å². The molecule has 0 bridgehead atoms. The average Bonchev–Trinajstić information content (AvgIpc) is 2.14. The van der Waals surface area contributed by atoms with Gasteiger partial charge in [0.1, 0.15) is 0 Å². The van der Waals surface area contributed by atoms with Crippen molar-refractivity contribution < 1.29 is 18.3 Å². The van der Waals surface area contributed by atoms with Crippen LogP contribution in [-0.4, -0.2) is 25.7 Å². The van der Waals surface area contributed by atoms with Crippen LogP contribution in [-0.2, 0) is 21.2 Å². The van der Waals surface area contributed by atoms with E-state index >= 15 is 0 Å². The number of carboxylic acid groups (broad SMARTS) is 1. The molecule has 0 atom stereocenters. The van der Waals surface area contributed by atoms with E-state index in [0.717, 1.165) is 6.26 Å². The molecule has 5 nitrogen and oxygen atoms in total. The van der Waals surface area contributed by atoms with E-state index in [1.807, 2.05) is 0 Å². The molecule has 1 rings (SSSR count). The molecule has 0 fully saturated rings. The predicted molar refractivity (Wildman–Crippen MR) is 60.9 cm³/mol. The van der Waals surface area contributed by atoms with Crippen molar-refractivity contribution in [3.05, 3.63) is 29.8 Å². The molecule has 1 aromatic rings. The molecule has 0 saturated carbocycles. The Morgan fingerprint density at radius 2 is 2.00 bits per heavy atom. The lowest BCUT2D eigenvalue weighted by Gasteiger charge is -2.09. The van der Waals surface area contributed by atoms with Crippen LogP contribution < -0.4 is 4.72 Å². The van der Waals surface area contributed by atoms with Crippen molar-refractivity contribution in [1.29, 1.82) is 0 Å². The number of rotatable bonds is 5. The SMILES string of the molecule is CS(=O)(=O)Nc1ccccc1CCC(=O)O. The van der Waals surface area contributed by atoms with Gasteiger partial charge in [0, 0.05) is 6.42 Å². The van der Waals surface area contributed by atoms with Crippen molar-refractivity contribution in [3.8, 4) is 0 Å². The highest BCUT2D eigenvalue weighted by Gasteiger charge is 2.07. The molecule has 0 aromatic heterocycles. The number of para-hydroxylation sites is 1. The lowest BCUT2D eigenvalue weighted by molar-refractivity contribution is -0.136. The maximum Gasteiger partial charge on any atom is 0.303 e. The summed E-state index contributed by atoms with van der Waals surface area (Å²) in [6.45, 7) is 0. The van der Waals surface area contributed by atoms with E-state index in [0.29, 0.717) is 17.7 Å². The van der Waals surface area contributed by atoms with Gasteiger partial charge in [0.25, 0.3) is 0 Å².